The van der Waals surface area contributed by atoms with Crippen LogP contribution in [0.3, 0.4) is 0 Å². The van der Waals surface area contributed by atoms with E-state index in [0.717, 1.165) is 68.9 Å². The Labute approximate surface area is 332 Å². The summed E-state index contributed by atoms with van der Waals surface area (Å²) >= 11 is 0. The highest BCUT2D eigenvalue weighted by Gasteiger charge is 2.76. The number of epoxide rings is 1. The molecule has 0 spiro atoms. The minimum Gasteiger partial charge on any atom is -0.460 e. The molecule has 10 atom stereocenters. The summed E-state index contributed by atoms with van der Waals surface area (Å²) in [5, 5.41) is 15.1. The number of ether oxygens (including phenoxy) is 5. The SMILES string of the molecule is CCCCCC1(CCCCC)O[C@@H]2[C@H](O1)[C@H]1ON(Cc3cccc(C=CC4CCC5OC5C4)c3)[C@H]3C(=O)O[C@@H]2C[C@@]13C(=O)N[C@H](CO)CCC(=O)OC(C)(C)C. The molecule has 1 amide bonds. The topological polar surface area (TPSA) is 145 Å². The van der Waals surface area contributed by atoms with Gasteiger partial charge >= 0.3 is 11.9 Å². The molecular weight excluding hydrogens is 716 g/mol. The smallest absolute Gasteiger partial charge is 0.327 e. The van der Waals surface area contributed by atoms with Crippen molar-refractivity contribution in [1.82, 2.24) is 10.4 Å². The number of nitrogens with zero attached hydrogens (tertiary/aromatic N) is 1. The number of aliphatic hydroxyl groups excluding tert-OH is 1. The van der Waals surface area contributed by atoms with Gasteiger partial charge in [0.05, 0.1) is 31.4 Å². The van der Waals surface area contributed by atoms with Crippen molar-refractivity contribution in [2.75, 3.05) is 6.61 Å². The number of allylic oxidation sites excluding steroid dienone is 1. The zero-order chi connectivity index (χ0) is 39.7. The number of hydrogen-bond acceptors (Lipinski definition) is 11. The van der Waals surface area contributed by atoms with Crippen molar-refractivity contribution in [2.45, 2.75) is 191 Å². The molecule has 12 nitrogen and oxygen atoms in total. The van der Waals surface area contributed by atoms with Crippen molar-refractivity contribution in [3.63, 3.8) is 0 Å². The number of aliphatic hydroxyl groups is 1. The summed E-state index contributed by atoms with van der Waals surface area (Å²) in [7, 11) is 0. The van der Waals surface area contributed by atoms with Gasteiger partial charge in [-0.2, -0.15) is 5.06 Å². The fourth-order valence-corrected chi connectivity index (χ4v) is 9.74. The first-order valence-electron chi connectivity index (χ1n) is 21.4. The van der Waals surface area contributed by atoms with E-state index in [-0.39, 0.29) is 25.8 Å². The van der Waals surface area contributed by atoms with Crippen molar-refractivity contribution in [3.8, 4) is 0 Å². The van der Waals surface area contributed by atoms with Gasteiger partial charge in [0.15, 0.2) is 11.8 Å². The van der Waals surface area contributed by atoms with Gasteiger partial charge in [-0.25, -0.2) is 0 Å². The van der Waals surface area contributed by atoms with E-state index in [1.165, 1.54) is 0 Å². The third-order valence-electron chi connectivity index (χ3n) is 12.6. The van der Waals surface area contributed by atoms with Crippen LogP contribution in [-0.4, -0.2) is 94.7 Å². The molecule has 4 aliphatic heterocycles. The van der Waals surface area contributed by atoms with Crippen LogP contribution in [0.1, 0.15) is 136 Å². The van der Waals surface area contributed by atoms with E-state index in [2.05, 4.69) is 43.4 Å². The normalized spacial score (nSPS) is 33.4. The molecule has 6 aliphatic rings. The van der Waals surface area contributed by atoms with Gasteiger partial charge in [-0.15, -0.1) is 0 Å². The van der Waals surface area contributed by atoms with E-state index < -0.39 is 77.8 Å². The summed E-state index contributed by atoms with van der Waals surface area (Å²) < 4.78 is 31.3. The average Bonchev–Trinajstić information content (AvgIpc) is 3.70. The second-order valence-electron chi connectivity index (χ2n) is 18.1. The lowest BCUT2D eigenvalue weighted by Crippen LogP contribution is -2.70. The van der Waals surface area contributed by atoms with Gasteiger partial charge in [0, 0.05) is 25.7 Å². The zero-order valence-electron chi connectivity index (χ0n) is 34.0. The van der Waals surface area contributed by atoms with Crippen molar-refractivity contribution < 1.29 is 48.0 Å². The van der Waals surface area contributed by atoms with Gasteiger partial charge < -0.3 is 34.1 Å². The molecule has 1 aromatic rings. The fourth-order valence-electron chi connectivity index (χ4n) is 9.74. The van der Waals surface area contributed by atoms with Crippen LogP contribution in [0, 0.1) is 11.3 Å². The van der Waals surface area contributed by atoms with Crippen LogP contribution in [0.15, 0.2) is 30.3 Å². The van der Waals surface area contributed by atoms with E-state index >= 15 is 0 Å². The predicted molar refractivity (Wildman–Crippen MR) is 207 cm³/mol. The lowest BCUT2D eigenvalue weighted by molar-refractivity contribution is -0.224. The second-order valence-corrected chi connectivity index (χ2v) is 18.1. The predicted octanol–water partition coefficient (Wildman–Crippen LogP) is 6.31. The largest absolute Gasteiger partial charge is 0.460 e. The van der Waals surface area contributed by atoms with E-state index in [1.54, 1.807) is 25.8 Å². The van der Waals surface area contributed by atoms with Crippen LogP contribution in [0.2, 0.25) is 0 Å². The summed E-state index contributed by atoms with van der Waals surface area (Å²) in [5.74, 6) is -1.78. The Hall–Kier alpha value is -2.87. The number of rotatable bonds is 18. The molecule has 6 fully saturated rings. The van der Waals surface area contributed by atoms with E-state index in [1.807, 2.05) is 12.1 Å². The molecule has 2 saturated carbocycles. The third-order valence-corrected chi connectivity index (χ3v) is 12.6. The van der Waals surface area contributed by atoms with Gasteiger partial charge in [0.25, 0.3) is 0 Å². The first-order chi connectivity index (χ1) is 26.9. The van der Waals surface area contributed by atoms with Crippen LogP contribution in [0.4, 0.5) is 0 Å². The summed E-state index contributed by atoms with van der Waals surface area (Å²) in [5.41, 5.74) is -0.0846. The maximum absolute atomic E-state index is 14.9. The summed E-state index contributed by atoms with van der Waals surface area (Å²) in [6.07, 6.45) is 13.5. The molecule has 310 valence electrons. The number of carbonyl (C=O) groups is 3. The molecule has 2 bridgehead atoms. The van der Waals surface area contributed by atoms with E-state index in [9.17, 15) is 19.5 Å². The van der Waals surface area contributed by atoms with E-state index in [4.69, 9.17) is 28.5 Å². The molecule has 56 heavy (non-hydrogen) atoms. The number of esters is 2. The van der Waals surface area contributed by atoms with Crippen LogP contribution >= 0.6 is 0 Å². The lowest BCUT2D eigenvalue weighted by Gasteiger charge is -2.49. The van der Waals surface area contributed by atoms with Crippen molar-refractivity contribution in [1.29, 1.82) is 0 Å². The number of amides is 1. The summed E-state index contributed by atoms with van der Waals surface area (Å²) in [6, 6.07) is 6.33. The maximum atomic E-state index is 14.9. The molecule has 4 heterocycles. The average molecular weight is 781 g/mol. The number of carbonyl (C=O) groups excluding carboxylic acids is 3. The van der Waals surface area contributed by atoms with Gasteiger partial charge in [-0.05, 0) is 76.3 Å². The molecule has 3 unspecified atom stereocenters. The number of unbranched alkanes of at least 4 members (excludes halogenated alkanes) is 4. The molecule has 2 N–H and O–H groups in total. The van der Waals surface area contributed by atoms with Crippen LogP contribution < -0.4 is 5.32 Å². The Morgan fingerprint density at radius 3 is 2.48 bits per heavy atom. The Balaban J connectivity index is 1.16. The summed E-state index contributed by atoms with van der Waals surface area (Å²) in [6.45, 7) is 9.56. The van der Waals surface area contributed by atoms with Crippen LogP contribution in [0.5, 0.6) is 0 Å². The highest BCUT2D eigenvalue weighted by atomic mass is 16.8. The number of hydrogen-bond donors (Lipinski definition) is 2. The highest BCUT2D eigenvalue weighted by Crippen LogP contribution is 2.58. The first-order valence-corrected chi connectivity index (χ1v) is 21.4. The van der Waals surface area contributed by atoms with Gasteiger partial charge in [0.1, 0.15) is 35.4 Å². The minimum atomic E-state index is -1.39. The van der Waals surface area contributed by atoms with Crippen molar-refractivity contribution in [3.05, 3.63) is 41.5 Å². The Morgan fingerprint density at radius 1 is 1.04 bits per heavy atom. The minimum absolute atomic E-state index is 0.00995. The molecule has 1 aromatic carbocycles. The quantitative estimate of drug-likeness (QED) is 0.0983. The number of nitrogens with one attached hydrogen (secondary N) is 1. The van der Waals surface area contributed by atoms with Crippen LogP contribution in [0.25, 0.3) is 6.08 Å². The molecule has 2 aliphatic carbocycles. The zero-order valence-corrected chi connectivity index (χ0v) is 34.0. The molecular formula is C44H64N2O10. The molecule has 7 rings (SSSR count). The van der Waals surface area contributed by atoms with Gasteiger partial charge in [-0.1, -0.05) is 75.9 Å². The molecule has 0 radical (unpaired) electrons. The molecule has 4 saturated heterocycles. The maximum Gasteiger partial charge on any atom is 0.327 e. The fraction of sp³-hybridized carbons (Fsp3) is 0.750. The Kier molecular flexibility index (Phi) is 12.7. The van der Waals surface area contributed by atoms with Crippen molar-refractivity contribution in [2.24, 2.45) is 11.3 Å². The molecule has 0 aromatic heterocycles. The third kappa shape index (κ3) is 8.90. The monoisotopic (exact) mass is 780 g/mol. The lowest BCUT2D eigenvalue weighted by atomic mass is 9.62. The van der Waals surface area contributed by atoms with Crippen molar-refractivity contribution >= 4 is 23.9 Å². The number of benzene rings is 1. The highest BCUT2D eigenvalue weighted by molar-refractivity contribution is 5.93. The van der Waals surface area contributed by atoms with Crippen LogP contribution in [-0.2, 0) is 49.5 Å². The molecule has 12 heteroatoms. The summed E-state index contributed by atoms with van der Waals surface area (Å²) in [4.78, 5) is 48.6. The number of fused-ring (bicyclic) bond motifs is 5. The van der Waals surface area contributed by atoms with Gasteiger partial charge in [0.2, 0.25) is 5.91 Å². The second kappa shape index (κ2) is 17.2. The number of hydroxylamine groups is 2. The Bertz CT molecular complexity index is 1580. The Morgan fingerprint density at radius 2 is 1.79 bits per heavy atom. The van der Waals surface area contributed by atoms with E-state index in [0.29, 0.717) is 31.0 Å². The van der Waals surface area contributed by atoms with Gasteiger partial charge in [-0.3, -0.25) is 19.2 Å². The first kappa shape index (κ1) is 41.3. The standard InChI is InChI=1S/C44H64N2O10/c1-6-8-10-21-43(22-11-9-7-2)54-36-34-25-44(41(50)45-31(27-47)18-20-35(48)53-42(3,4)5)38(40(49)52-34)46(56-39(44)37(36)55-43)26-30-14-12-13-28(23-30)15-16-29-17-19-32-33(24-29)51-32/h12-16,23,29,31-34,36-39,47H,6-11,17-22,24-27H2,1-5H3,(H,45,50)/t29?,31-,32?,33?,34+,36-,37-,38-,39+,44-/m0/s1.